The van der Waals surface area contributed by atoms with Crippen LogP contribution in [0.1, 0.15) is 103 Å². The van der Waals surface area contributed by atoms with Crippen molar-refractivity contribution in [2.24, 2.45) is 0 Å². The molecule has 11 aromatic carbocycles. The second kappa shape index (κ2) is 19.7. The lowest BCUT2D eigenvalue weighted by Gasteiger charge is -2.45. The molecule has 2 aliphatic carbocycles. The minimum atomic E-state index is -2.11. The van der Waals surface area contributed by atoms with Crippen molar-refractivity contribution in [1.82, 2.24) is 0 Å². The average Bonchev–Trinajstić information content (AvgIpc) is 0.697. The molecule has 95 heavy (non-hydrogen) atoms. The summed E-state index contributed by atoms with van der Waals surface area (Å²) in [5.41, 5.74) is 27.3. The summed E-state index contributed by atoms with van der Waals surface area (Å²) in [6, 6.07) is 84.3. The van der Waals surface area contributed by atoms with E-state index < -0.39 is 16.9 Å². The molecule has 464 valence electrons. The van der Waals surface area contributed by atoms with Crippen LogP contribution in [0.5, 0.6) is 23.0 Å². The Morgan fingerprint density at radius 3 is 1.13 bits per heavy atom. The van der Waals surface area contributed by atoms with E-state index in [0.29, 0.717) is 0 Å². The van der Waals surface area contributed by atoms with Crippen LogP contribution in [0.4, 0.5) is 68.2 Å². The molecule has 10 heteroatoms. The van der Waals surface area contributed by atoms with Gasteiger partial charge in [0.2, 0.25) is 0 Å². The number of benzene rings is 11. The van der Waals surface area contributed by atoms with Crippen molar-refractivity contribution in [2.45, 2.75) is 122 Å². The molecule has 6 nitrogen and oxygen atoms in total. The average molecular weight is 1270 g/mol. The van der Waals surface area contributed by atoms with Gasteiger partial charge in [-0.05, 0) is 196 Å². The van der Waals surface area contributed by atoms with Crippen molar-refractivity contribution < 1.29 is 9.47 Å². The van der Waals surface area contributed by atoms with E-state index in [1.165, 1.54) is 110 Å². The molecule has 6 heterocycles. The highest BCUT2D eigenvalue weighted by Crippen LogP contribution is 2.54. The van der Waals surface area contributed by atoms with Crippen LogP contribution in [0.25, 0.3) is 0 Å². The number of anilines is 12. The summed E-state index contributed by atoms with van der Waals surface area (Å²) in [7, 11) is -3.64. The Labute approximate surface area is 563 Å². The molecule has 0 saturated heterocycles. The van der Waals surface area contributed by atoms with Crippen LogP contribution < -0.4 is 82.6 Å². The van der Waals surface area contributed by atoms with Crippen LogP contribution in [0.2, 0.25) is 19.6 Å². The smallest absolute Gasteiger partial charge is 0.256 e. The van der Waals surface area contributed by atoms with Gasteiger partial charge in [0.25, 0.3) is 13.4 Å². The van der Waals surface area contributed by atoms with Gasteiger partial charge in [0, 0.05) is 75.1 Å². The number of rotatable bonds is 4. The molecule has 6 aliphatic heterocycles. The normalized spacial score (nSPS) is 18.3. The van der Waals surface area contributed by atoms with E-state index in [2.05, 4.69) is 313 Å². The number of ether oxygens (including phenoxy) is 2. The minimum Gasteiger partial charge on any atom is -0.458 e. The molecule has 0 aromatic heterocycles. The van der Waals surface area contributed by atoms with Crippen LogP contribution in [0.3, 0.4) is 0 Å². The fourth-order valence-corrected chi connectivity index (χ4v) is 24.2. The lowest BCUT2D eigenvalue weighted by Crippen LogP contribution is -2.63. The van der Waals surface area contributed by atoms with Gasteiger partial charge in [-0.1, -0.05) is 202 Å². The van der Waals surface area contributed by atoms with Crippen molar-refractivity contribution in [3.05, 3.63) is 241 Å². The van der Waals surface area contributed by atoms with Crippen molar-refractivity contribution in [2.75, 3.05) is 19.6 Å². The molecule has 0 spiro atoms. The second-order valence-corrected chi connectivity index (χ2v) is 38.7. The highest BCUT2D eigenvalue weighted by Gasteiger charge is 2.50. The SMILES string of the molecule is C[SiH]1c2ccccc2N(c2cc3c4c(c2)N(c2ccc5c(c2)C(C)(C)CCC5(C)C)c2ccccc2B4c2cc4c(cc2O3)Oc2cc(N3c5ccccc5[Si](C)(C)c5ccccc53)cc3c2B4c2ccccc2N3c2ccc3c(c2)C(C)(C)CCC3(C)C)c2ccccc21. The van der Waals surface area contributed by atoms with Gasteiger partial charge < -0.3 is 29.1 Å². The summed E-state index contributed by atoms with van der Waals surface area (Å²) in [6.45, 7) is 26.7. The third-order valence-electron chi connectivity index (χ3n) is 24.1. The molecular formula is C85H78B2N4O2Si2. The second-order valence-electron chi connectivity index (χ2n) is 31.7. The van der Waals surface area contributed by atoms with E-state index in [1.807, 2.05) is 0 Å². The van der Waals surface area contributed by atoms with E-state index in [-0.39, 0.29) is 35.1 Å². The zero-order chi connectivity index (χ0) is 64.6. The maximum atomic E-state index is 7.77. The Morgan fingerprint density at radius 1 is 0.326 bits per heavy atom. The first-order chi connectivity index (χ1) is 45.8. The Kier molecular flexibility index (Phi) is 11.9. The molecule has 0 bridgehead atoms. The van der Waals surface area contributed by atoms with Crippen molar-refractivity contribution in [1.29, 1.82) is 0 Å². The van der Waals surface area contributed by atoms with Crippen LogP contribution >= 0.6 is 0 Å². The predicted molar refractivity (Wildman–Crippen MR) is 407 cm³/mol. The summed E-state index contributed by atoms with van der Waals surface area (Å²) < 4.78 is 15.5. The third-order valence-corrected chi connectivity index (χ3v) is 30.5. The first-order valence-corrected chi connectivity index (χ1v) is 40.0. The highest BCUT2D eigenvalue weighted by atomic mass is 28.3. The van der Waals surface area contributed by atoms with Crippen molar-refractivity contribution >= 4 is 152 Å². The first-order valence-electron chi connectivity index (χ1n) is 34.7. The Hall–Kier alpha value is -9.22. The standard InChI is InChI=1S/C85H78B2N4O2Si2/c1-82(2)40-42-84(5,6)58-44-52(36-38-56(58)82)88-64-26-14-12-24-60(64)86-62-50-63-73(51-72(62)92-74-48-54(46-70(88)80(74)86)90-66-28-16-20-32-76(66)94(9)77-33-21-17-29-67(77)90)93-75-49-55(91-68-30-18-22-34-78(68)95(10,11)79-35-23-19-31-69(79)91)47-71-81(75)87(63)61-25-13-15-27-65(61)89(71)53-37-39-57-59(45-53)85(7,8)43-41-83(57,3)4/h12-39,44-51,94H,40-43H2,1-11H3. The number of fused-ring (bicyclic) bond motifs is 14. The molecule has 11 aromatic rings. The summed E-state index contributed by atoms with van der Waals surface area (Å²) in [5, 5.41) is 5.75. The summed E-state index contributed by atoms with van der Waals surface area (Å²) in [6.07, 6.45) is 4.59. The van der Waals surface area contributed by atoms with Gasteiger partial charge in [-0.25, -0.2) is 0 Å². The number of nitrogens with zero attached hydrogens (tertiary/aromatic N) is 4. The van der Waals surface area contributed by atoms with Gasteiger partial charge in [0.05, 0.1) is 11.4 Å². The quantitative estimate of drug-likeness (QED) is 0.163. The molecule has 0 unspecified atom stereocenters. The summed E-state index contributed by atoms with van der Waals surface area (Å²) in [4.78, 5) is 10.2. The first kappa shape index (κ1) is 57.2. The molecule has 0 amide bonds. The largest absolute Gasteiger partial charge is 0.458 e. The highest BCUT2D eigenvalue weighted by molar-refractivity contribution is 7.03. The van der Waals surface area contributed by atoms with Gasteiger partial charge in [-0.15, -0.1) is 0 Å². The van der Waals surface area contributed by atoms with Gasteiger partial charge in [0.1, 0.15) is 39.9 Å². The fourth-order valence-electron chi connectivity index (χ4n) is 18.7. The Balaban J connectivity index is 0.847. The van der Waals surface area contributed by atoms with E-state index in [1.54, 1.807) is 0 Å². The molecule has 0 fully saturated rings. The maximum Gasteiger partial charge on any atom is 0.256 e. The van der Waals surface area contributed by atoms with Gasteiger partial charge in [0.15, 0.2) is 0 Å². The molecule has 19 rings (SSSR count). The van der Waals surface area contributed by atoms with Gasteiger partial charge in [-0.3, -0.25) is 0 Å². The summed E-state index contributed by atoms with van der Waals surface area (Å²) >= 11 is 0. The number of hydrogen-bond acceptors (Lipinski definition) is 6. The van der Waals surface area contributed by atoms with Crippen LogP contribution in [0.15, 0.2) is 218 Å². The maximum absolute atomic E-state index is 7.77. The van der Waals surface area contributed by atoms with Crippen LogP contribution in [0, 0.1) is 0 Å². The Morgan fingerprint density at radius 2 is 0.684 bits per heavy atom. The predicted octanol–water partition coefficient (Wildman–Crippen LogP) is 15.6. The molecule has 0 atom stereocenters. The molecule has 0 saturated carbocycles. The van der Waals surface area contributed by atoms with E-state index in [0.717, 1.165) is 82.4 Å². The Bertz CT molecular complexity index is 5090. The lowest BCUT2D eigenvalue weighted by atomic mass is 9.31. The van der Waals surface area contributed by atoms with Crippen LogP contribution in [-0.2, 0) is 21.7 Å². The minimum absolute atomic E-state index is 0.00902. The molecule has 0 N–H and O–H groups in total. The summed E-state index contributed by atoms with van der Waals surface area (Å²) in [5.74, 6) is 3.37. The van der Waals surface area contributed by atoms with Crippen molar-refractivity contribution in [3.8, 4) is 23.0 Å². The fraction of sp³-hybridized carbons (Fsp3) is 0.224. The van der Waals surface area contributed by atoms with Crippen molar-refractivity contribution in [3.63, 3.8) is 0 Å². The monoisotopic (exact) mass is 1260 g/mol. The van der Waals surface area contributed by atoms with E-state index >= 15 is 0 Å². The topological polar surface area (TPSA) is 31.4 Å². The molecule has 0 radical (unpaired) electrons. The van der Waals surface area contributed by atoms with Crippen LogP contribution in [-0.4, -0.2) is 30.3 Å². The lowest BCUT2D eigenvalue weighted by molar-refractivity contribution is 0.332. The number of para-hydroxylation sites is 6. The molecule has 8 aliphatic rings. The van der Waals surface area contributed by atoms with Gasteiger partial charge in [-0.2, -0.15) is 0 Å². The zero-order valence-electron chi connectivity index (χ0n) is 56.5. The number of hydrogen-bond donors (Lipinski definition) is 0. The third kappa shape index (κ3) is 8.04. The molecular weight excluding hydrogens is 1190 g/mol. The van der Waals surface area contributed by atoms with E-state index in [4.69, 9.17) is 9.47 Å². The van der Waals surface area contributed by atoms with E-state index in [9.17, 15) is 0 Å². The zero-order valence-corrected chi connectivity index (χ0v) is 58.6. The van der Waals surface area contributed by atoms with Gasteiger partial charge >= 0.3 is 0 Å².